The molecule has 0 saturated carbocycles. The zero-order valence-corrected chi connectivity index (χ0v) is 12.9. The van der Waals surface area contributed by atoms with E-state index in [-0.39, 0.29) is 0 Å². The van der Waals surface area contributed by atoms with Gasteiger partial charge in [-0.25, -0.2) is 0 Å². The van der Waals surface area contributed by atoms with Gasteiger partial charge >= 0.3 is 0 Å². The van der Waals surface area contributed by atoms with Gasteiger partial charge in [-0.3, -0.25) is 0 Å². The van der Waals surface area contributed by atoms with Crippen LogP contribution in [0.4, 0.5) is 0 Å². The first-order valence-corrected chi connectivity index (χ1v) is 7.63. The summed E-state index contributed by atoms with van der Waals surface area (Å²) < 4.78 is 0. The Hall–Kier alpha value is -2.69. The molecule has 0 aromatic heterocycles. The Labute approximate surface area is 131 Å². The highest BCUT2D eigenvalue weighted by Crippen LogP contribution is 2.35. The third-order valence-electron chi connectivity index (χ3n) is 4.23. The first kappa shape index (κ1) is 13.0. The number of hydrogen-bond acceptors (Lipinski definition) is 0. The zero-order valence-electron chi connectivity index (χ0n) is 12.9. The van der Waals surface area contributed by atoms with Crippen molar-refractivity contribution in [2.45, 2.75) is 13.8 Å². The molecule has 4 rings (SSSR count). The number of aryl methyl sites for hydroxylation is 2. The summed E-state index contributed by atoms with van der Waals surface area (Å²) in [5, 5.41) is 2.59. The molecule has 0 radical (unpaired) electrons. The molecule has 1 aliphatic carbocycles. The third kappa shape index (κ3) is 2.06. The largest absolute Gasteiger partial charge is 0.163 e. The van der Waals surface area contributed by atoms with Crippen LogP contribution in [0.25, 0.3) is 22.4 Å². The Morgan fingerprint density at radius 3 is 2.41 bits per heavy atom. The lowest BCUT2D eigenvalue weighted by Crippen LogP contribution is -1.97. The topological polar surface area (TPSA) is 0 Å². The van der Waals surface area contributed by atoms with Crippen LogP contribution in [-0.2, 0) is 0 Å². The molecular weight excluding hydrogens is 264 g/mol. The molecule has 0 saturated heterocycles. The van der Waals surface area contributed by atoms with Crippen molar-refractivity contribution >= 4 is 22.4 Å². The minimum absolute atomic E-state index is 1.19. The minimum atomic E-state index is 1.19. The summed E-state index contributed by atoms with van der Waals surface area (Å²) in [5.74, 6) is 0. The molecule has 0 aliphatic heterocycles. The van der Waals surface area contributed by atoms with Gasteiger partial charge in [-0.05, 0) is 54.6 Å². The molecule has 0 atom stereocenters. The van der Waals surface area contributed by atoms with E-state index in [4.69, 9.17) is 0 Å². The van der Waals surface area contributed by atoms with Crippen molar-refractivity contribution < 1.29 is 0 Å². The monoisotopic (exact) mass is 281 g/mol. The highest BCUT2D eigenvalue weighted by Gasteiger charge is 2.22. The van der Waals surface area contributed by atoms with Gasteiger partial charge < -0.3 is 0 Å². The highest BCUT2D eigenvalue weighted by molar-refractivity contribution is 5.99. The maximum atomic E-state index is 3.45. The van der Waals surface area contributed by atoms with Crippen LogP contribution in [0.3, 0.4) is 0 Å². The Bertz CT molecular complexity index is 919. The molecule has 0 unspecified atom stereocenters. The predicted molar refractivity (Wildman–Crippen MR) is 94.7 cm³/mol. The molecule has 0 bridgehead atoms. The predicted octanol–water partition coefficient (Wildman–Crippen LogP) is 5.72. The fraction of sp³-hybridized carbons (Fsp3) is 0.0909. The van der Waals surface area contributed by atoms with E-state index in [2.05, 4.69) is 80.6 Å². The molecule has 0 N–H and O–H groups in total. The summed E-state index contributed by atoms with van der Waals surface area (Å²) in [4.78, 5) is 0. The lowest BCUT2D eigenvalue weighted by molar-refractivity contribution is 1.36. The smallest absolute Gasteiger partial charge is 0.0616 e. The van der Waals surface area contributed by atoms with Gasteiger partial charge in [0, 0.05) is 17.5 Å². The van der Waals surface area contributed by atoms with Crippen molar-refractivity contribution in [3.8, 4) is 0 Å². The average molecular weight is 281 g/mol. The summed E-state index contributed by atoms with van der Waals surface area (Å²) >= 11 is 0. The number of allylic oxidation sites excluding steroid dienone is 2. The molecule has 0 fully saturated rings. The lowest BCUT2D eigenvalue weighted by Gasteiger charge is -2.10. The summed E-state index contributed by atoms with van der Waals surface area (Å²) in [6.45, 7) is 4.30. The number of hydrogen-bond donors (Lipinski definition) is 0. The molecule has 3 aromatic rings. The summed E-state index contributed by atoms with van der Waals surface area (Å²) in [7, 11) is 0. The van der Waals surface area contributed by atoms with Crippen molar-refractivity contribution in [3.63, 3.8) is 0 Å². The van der Waals surface area contributed by atoms with Gasteiger partial charge in [-0.15, -0.1) is 0 Å². The van der Waals surface area contributed by atoms with Gasteiger partial charge in [0.05, 0.1) is 22.8 Å². The Kier molecular flexibility index (Phi) is 2.92. The lowest BCUT2D eigenvalue weighted by atomic mass is 9.86. The van der Waals surface area contributed by atoms with Crippen molar-refractivity contribution in [2.75, 3.05) is 0 Å². The van der Waals surface area contributed by atoms with Crippen LogP contribution in [0, 0.1) is 19.9 Å². The van der Waals surface area contributed by atoms with E-state index in [1.54, 1.807) is 0 Å². The molecule has 3 aromatic carbocycles. The van der Waals surface area contributed by atoms with E-state index >= 15 is 0 Å². The minimum Gasteiger partial charge on any atom is -0.0616 e. The van der Waals surface area contributed by atoms with Crippen molar-refractivity contribution in [2.24, 2.45) is 0 Å². The van der Waals surface area contributed by atoms with Gasteiger partial charge in [0.25, 0.3) is 0 Å². The van der Waals surface area contributed by atoms with Gasteiger partial charge in [0.2, 0.25) is 0 Å². The van der Waals surface area contributed by atoms with Crippen LogP contribution in [0.5, 0.6) is 0 Å². The van der Waals surface area contributed by atoms with Crippen LogP contribution in [0.2, 0.25) is 0 Å². The summed E-state index contributed by atoms with van der Waals surface area (Å²) in [6, 6.07) is 19.7. The second-order valence-electron chi connectivity index (χ2n) is 5.98. The van der Waals surface area contributed by atoms with Crippen LogP contribution in [-0.4, -0.2) is 0 Å². The number of fused-ring (bicyclic) bond motifs is 3. The van der Waals surface area contributed by atoms with E-state index in [9.17, 15) is 0 Å². The number of benzene rings is 3. The van der Waals surface area contributed by atoms with Crippen molar-refractivity contribution in [3.05, 3.63) is 94.6 Å². The molecule has 0 amide bonds. The quantitative estimate of drug-likeness (QED) is 0.500. The molecule has 104 valence electrons. The standard InChI is InChI=1S/C22H17/c1-15-12-16(2)14-18(13-15)20-8-5-9-21-19-7-4-3-6-17(19)10-11-22(20)21/h3-7,9-14H,1-2H3/q+1. The van der Waals surface area contributed by atoms with Gasteiger partial charge in [-0.1, -0.05) is 30.3 Å². The average Bonchev–Trinajstić information content (AvgIpc) is 2.53. The maximum absolute atomic E-state index is 3.45. The van der Waals surface area contributed by atoms with Gasteiger partial charge in [0.1, 0.15) is 0 Å². The van der Waals surface area contributed by atoms with Gasteiger partial charge in [-0.2, -0.15) is 0 Å². The molecular formula is C22H17+. The Balaban J connectivity index is 1.97. The number of rotatable bonds is 1. The molecule has 0 nitrogen and oxygen atoms in total. The Morgan fingerprint density at radius 1 is 0.818 bits per heavy atom. The maximum Gasteiger partial charge on any atom is 0.163 e. The van der Waals surface area contributed by atoms with Crippen LogP contribution >= 0.6 is 0 Å². The SMILES string of the molecule is Cc1cc(C)cc(C2=[C+]C=Cc3c2ccc2ccccc32)c1. The first-order chi connectivity index (χ1) is 10.7. The molecule has 1 aliphatic rings. The van der Waals surface area contributed by atoms with E-state index in [1.807, 2.05) is 6.08 Å². The molecule has 0 heteroatoms. The third-order valence-corrected chi connectivity index (χ3v) is 4.23. The second kappa shape index (κ2) is 4.94. The van der Waals surface area contributed by atoms with Gasteiger partial charge in [0.15, 0.2) is 5.57 Å². The summed E-state index contributed by atoms with van der Waals surface area (Å²) in [5.41, 5.74) is 7.59. The normalized spacial score (nSPS) is 12.7. The van der Waals surface area contributed by atoms with Crippen LogP contribution in [0.1, 0.15) is 27.8 Å². The van der Waals surface area contributed by atoms with E-state index < -0.39 is 0 Å². The van der Waals surface area contributed by atoms with E-state index in [0.29, 0.717) is 0 Å². The highest BCUT2D eigenvalue weighted by atomic mass is 14.2. The van der Waals surface area contributed by atoms with E-state index in [1.165, 1.54) is 44.2 Å². The van der Waals surface area contributed by atoms with Crippen molar-refractivity contribution in [1.82, 2.24) is 0 Å². The van der Waals surface area contributed by atoms with Crippen molar-refractivity contribution in [1.29, 1.82) is 0 Å². The fourth-order valence-electron chi connectivity index (χ4n) is 3.34. The second-order valence-corrected chi connectivity index (χ2v) is 5.98. The zero-order chi connectivity index (χ0) is 15.1. The molecule has 0 heterocycles. The fourth-order valence-corrected chi connectivity index (χ4v) is 3.34. The van der Waals surface area contributed by atoms with E-state index in [0.717, 1.165) is 0 Å². The Morgan fingerprint density at radius 2 is 1.59 bits per heavy atom. The first-order valence-electron chi connectivity index (χ1n) is 7.63. The molecule has 0 spiro atoms. The van der Waals surface area contributed by atoms with Crippen LogP contribution in [0.15, 0.2) is 60.7 Å². The summed E-state index contributed by atoms with van der Waals surface area (Å²) in [6.07, 6.45) is 7.66. The van der Waals surface area contributed by atoms with Crippen LogP contribution < -0.4 is 0 Å². The molecule has 22 heavy (non-hydrogen) atoms.